The second-order valence-corrected chi connectivity index (χ2v) is 6.86. The van der Waals surface area contributed by atoms with Gasteiger partial charge >= 0.3 is 0 Å². The Hall–Kier alpha value is -3.33. The van der Waals surface area contributed by atoms with Crippen molar-refractivity contribution in [3.8, 4) is 11.3 Å². The van der Waals surface area contributed by atoms with E-state index in [2.05, 4.69) is 79.2 Å². The molecule has 0 aliphatic carbocycles. The lowest BCUT2D eigenvalue weighted by Gasteiger charge is -2.12. The summed E-state index contributed by atoms with van der Waals surface area (Å²) >= 11 is 0. The van der Waals surface area contributed by atoms with Crippen LogP contribution in [0.5, 0.6) is 0 Å². The summed E-state index contributed by atoms with van der Waals surface area (Å²) in [5.74, 6) is 1.73. The minimum absolute atomic E-state index is 0.844. The van der Waals surface area contributed by atoms with Crippen LogP contribution in [0.1, 0.15) is 11.5 Å². The first-order chi connectivity index (χ1) is 13.1. The number of benzene rings is 2. The second kappa shape index (κ2) is 7.12. The number of aryl methyl sites for hydroxylation is 1. The number of pyridine rings is 1. The van der Waals surface area contributed by atoms with Gasteiger partial charge < -0.3 is 9.32 Å². The smallest absolute Gasteiger partial charge is 0.212 e. The topological polar surface area (TPSA) is 20.3 Å². The van der Waals surface area contributed by atoms with Gasteiger partial charge in [-0.05, 0) is 36.4 Å². The molecule has 0 spiro atoms. The zero-order valence-electron chi connectivity index (χ0n) is 15.9. The van der Waals surface area contributed by atoms with Gasteiger partial charge in [-0.15, -0.1) is 0 Å². The largest absolute Gasteiger partial charge is 0.457 e. The van der Waals surface area contributed by atoms with Crippen molar-refractivity contribution in [3.05, 3.63) is 84.3 Å². The highest BCUT2D eigenvalue weighted by Crippen LogP contribution is 2.23. The van der Waals surface area contributed by atoms with Crippen LogP contribution in [0.3, 0.4) is 0 Å². The Kier molecular flexibility index (Phi) is 4.51. The Bertz CT molecular complexity index is 1110. The molecular formula is C24H23N2O+. The maximum Gasteiger partial charge on any atom is 0.212 e. The molecule has 2 heterocycles. The maximum absolute atomic E-state index is 5.96. The molecule has 3 heteroatoms. The predicted molar refractivity (Wildman–Crippen MR) is 113 cm³/mol. The van der Waals surface area contributed by atoms with Crippen LogP contribution >= 0.6 is 0 Å². The van der Waals surface area contributed by atoms with Crippen LogP contribution in [-0.4, -0.2) is 14.1 Å². The van der Waals surface area contributed by atoms with Gasteiger partial charge in [0.25, 0.3) is 0 Å². The van der Waals surface area contributed by atoms with Crippen molar-refractivity contribution in [2.75, 3.05) is 19.0 Å². The van der Waals surface area contributed by atoms with Crippen molar-refractivity contribution in [3.63, 3.8) is 0 Å². The highest BCUT2D eigenvalue weighted by Gasteiger charge is 2.11. The Morgan fingerprint density at radius 3 is 2.44 bits per heavy atom. The average Bonchev–Trinajstić information content (AvgIpc) is 3.17. The van der Waals surface area contributed by atoms with Gasteiger partial charge in [0, 0.05) is 48.9 Å². The minimum atomic E-state index is 0.844. The van der Waals surface area contributed by atoms with Crippen molar-refractivity contribution in [2.45, 2.75) is 0 Å². The molecule has 0 radical (unpaired) electrons. The number of rotatable bonds is 4. The van der Waals surface area contributed by atoms with Crippen molar-refractivity contribution in [1.82, 2.24) is 0 Å². The van der Waals surface area contributed by atoms with Gasteiger partial charge in [0.15, 0.2) is 0 Å². The number of fused-ring (bicyclic) bond motifs is 1. The quantitative estimate of drug-likeness (QED) is 0.471. The van der Waals surface area contributed by atoms with E-state index in [9.17, 15) is 0 Å². The monoisotopic (exact) mass is 355 g/mol. The van der Waals surface area contributed by atoms with E-state index in [1.54, 1.807) is 0 Å². The van der Waals surface area contributed by atoms with E-state index in [0.717, 1.165) is 22.8 Å². The molecule has 2 aromatic heterocycles. The summed E-state index contributed by atoms with van der Waals surface area (Å²) in [4.78, 5) is 2.12. The van der Waals surface area contributed by atoms with Gasteiger partial charge in [0.2, 0.25) is 11.2 Å². The summed E-state index contributed by atoms with van der Waals surface area (Å²) in [7, 11) is 6.21. The first-order valence-corrected chi connectivity index (χ1v) is 9.05. The Morgan fingerprint density at radius 1 is 0.852 bits per heavy atom. The lowest BCUT2D eigenvalue weighted by molar-refractivity contribution is -0.646. The van der Waals surface area contributed by atoms with E-state index in [4.69, 9.17) is 4.42 Å². The molecule has 0 saturated carbocycles. The highest BCUT2D eigenvalue weighted by atomic mass is 16.3. The first-order valence-electron chi connectivity index (χ1n) is 9.05. The van der Waals surface area contributed by atoms with Gasteiger partial charge in [0.1, 0.15) is 18.6 Å². The molecular weight excluding hydrogens is 332 g/mol. The van der Waals surface area contributed by atoms with Crippen LogP contribution in [0.15, 0.2) is 77.2 Å². The number of hydrogen-bond donors (Lipinski definition) is 0. The third-order valence-electron chi connectivity index (χ3n) is 4.81. The van der Waals surface area contributed by atoms with Crippen LogP contribution in [0.4, 0.5) is 5.69 Å². The molecule has 0 atom stereocenters. The van der Waals surface area contributed by atoms with E-state index in [0.29, 0.717) is 0 Å². The molecule has 4 rings (SSSR count). The summed E-state index contributed by atoms with van der Waals surface area (Å²) < 4.78 is 8.16. The molecule has 0 aliphatic rings. The average molecular weight is 355 g/mol. The molecule has 0 saturated heterocycles. The second-order valence-electron chi connectivity index (χ2n) is 6.86. The molecule has 0 fully saturated rings. The fraction of sp³-hybridized carbons (Fsp3) is 0.125. The summed E-state index contributed by atoms with van der Waals surface area (Å²) in [6.45, 7) is 0. The molecule has 0 unspecified atom stereocenters. The normalized spacial score (nSPS) is 11.4. The standard InChI is InChI=1S/C24H23N2O/c1-25(2)21-12-15-23-19(17-21)9-10-20(26(23)3)11-13-22-14-16-24(27-22)18-7-5-4-6-8-18/h4-17H,1-3H3/q+1/b13-11+. The third-order valence-corrected chi connectivity index (χ3v) is 4.81. The zero-order valence-corrected chi connectivity index (χ0v) is 15.9. The first kappa shape index (κ1) is 17.1. The lowest BCUT2D eigenvalue weighted by Crippen LogP contribution is -2.32. The molecule has 0 aliphatic heterocycles. The summed E-state index contributed by atoms with van der Waals surface area (Å²) in [5.41, 5.74) is 4.62. The maximum atomic E-state index is 5.96. The molecule has 0 bridgehead atoms. The molecule has 134 valence electrons. The number of anilines is 1. The SMILES string of the molecule is CN(C)c1ccc2c(ccc(/C=C/c3ccc(-c4ccccc4)o3)[n+]2C)c1. The highest BCUT2D eigenvalue weighted by molar-refractivity contribution is 5.81. The van der Waals surface area contributed by atoms with Crippen molar-refractivity contribution >= 4 is 28.7 Å². The molecule has 4 aromatic rings. The van der Waals surface area contributed by atoms with Crippen molar-refractivity contribution in [1.29, 1.82) is 0 Å². The zero-order chi connectivity index (χ0) is 18.8. The van der Waals surface area contributed by atoms with Crippen LogP contribution < -0.4 is 9.47 Å². The molecule has 0 N–H and O–H groups in total. The number of furan rings is 1. The van der Waals surface area contributed by atoms with Gasteiger partial charge in [0.05, 0.1) is 0 Å². The number of aromatic nitrogens is 1. The predicted octanol–water partition coefficient (Wildman–Crippen LogP) is 5.16. The Balaban J connectivity index is 1.62. The summed E-state index contributed by atoms with van der Waals surface area (Å²) in [6.07, 6.45) is 4.11. The van der Waals surface area contributed by atoms with Gasteiger partial charge in [-0.1, -0.05) is 30.3 Å². The van der Waals surface area contributed by atoms with Crippen LogP contribution in [-0.2, 0) is 7.05 Å². The van der Waals surface area contributed by atoms with Gasteiger partial charge in [-0.25, -0.2) is 0 Å². The summed E-state index contributed by atoms with van der Waals surface area (Å²) in [5, 5.41) is 1.23. The van der Waals surface area contributed by atoms with Crippen molar-refractivity contribution in [2.24, 2.45) is 7.05 Å². The van der Waals surface area contributed by atoms with E-state index in [-0.39, 0.29) is 0 Å². The van der Waals surface area contributed by atoms with E-state index < -0.39 is 0 Å². The Labute approximate surface area is 159 Å². The van der Waals surface area contributed by atoms with Crippen LogP contribution in [0.25, 0.3) is 34.4 Å². The number of hydrogen-bond acceptors (Lipinski definition) is 2. The lowest BCUT2D eigenvalue weighted by atomic mass is 10.1. The van der Waals surface area contributed by atoms with Crippen molar-refractivity contribution < 1.29 is 8.98 Å². The van der Waals surface area contributed by atoms with E-state index in [1.165, 1.54) is 16.6 Å². The fourth-order valence-electron chi connectivity index (χ4n) is 3.22. The fourth-order valence-corrected chi connectivity index (χ4v) is 3.22. The molecule has 0 amide bonds. The van der Waals surface area contributed by atoms with E-state index in [1.807, 2.05) is 36.4 Å². The van der Waals surface area contributed by atoms with Crippen LogP contribution in [0.2, 0.25) is 0 Å². The van der Waals surface area contributed by atoms with Gasteiger partial charge in [-0.3, -0.25) is 0 Å². The van der Waals surface area contributed by atoms with Gasteiger partial charge in [-0.2, -0.15) is 4.57 Å². The van der Waals surface area contributed by atoms with Crippen LogP contribution in [0, 0.1) is 0 Å². The summed E-state index contributed by atoms with van der Waals surface area (Å²) in [6, 6.07) is 25.0. The number of nitrogens with zero attached hydrogens (tertiary/aromatic N) is 2. The third kappa shape index (κ3) is 3.49. The molecule has 3 nitrogen and oxygen atoms in total. The van der Waals surface area contributed by atoms with E-state index >= 15 is 0 Å². The Morgan fingerprint density at radius 2 is 1.67 bits per heavy atom. The minimum Gasteiger partial charge on any atom is -0.457 e. The molecule has 2 aromatic carbocycles. The molecule has 27 heavy (non-hydrogen) atoms.